The Morgan fingerprint density at radius 3 is 2.60 bits per heavy atom. The maximum Gasteiger partial charge on any atom is 0.261 e. The number of carbonyl (C=O) groups is 1. The molecule has 0 aliphatic rings. The number of hydrogen-bond donors (Lipinski definition) is 2. The lowest BCUT2D eigenvalue weighted by molar-refractivity contribution is 0.102. The Morgan fingerprint density at radius 1 is 1.10 bits per heavy atom. The molecule has 8 nitrogen and oxygen atoms in total. The number of benzene rings is 2. The van der Waals surface area contributed by atoms with Gasteiger partial charge in [0, 0.05) is 24.0 Å². The zero-order chi connectivity index (χ0) is 21.7. The van der Waals surface area contributed by atoms with Crippen molar-refractivity contribution in [3.05, 3.63) is 72.1 Å². The summed E-state index contributed by atoms with van der Waals surface area (Å²) in [4.78, 5) is 14.7. The third kappa shape index (κ3) is 5.68. The summed E-state index contributed by atoms with van der Waals surface area (Å²) in [7, 11) is 0.125. The van der Waals surface area contributed by atoms with Gasteiger partial charge in [-0.15, -0.1) is 0 Å². The number of aromatic nitrogens is 2. The van der Waals surface area contributed by atoms with Gasteiger partial charge in [0.1, 0.15) is 0 Å². The van der Waals surface area contributed by atoms with Crippen LogP contribution in [0.1, 0.15) is 15.9 Å². The quantitative estimate of drug-likeness (QED) is 0.576. The molecule has 1 heterocycles. The molecule has 0 bridgehead atoms. The fourth-order valence-electron chi connectivity index (χ4n) is 2.78. The first-order valence-electron chi connectivity index (χ1n) is 9.41. The van der Waals surface area contributed by atoms with Gasteiger partial charge in [-0.05, 0) is 56.9 Å². The molecule has 9 heteroatoms. The van der Waals surface area contributed by atoms with Crippen molar-refractivity contribution in [2.45, 2.75) is 18.4 Å². The molecule has 158 valence electrons. The second-order valence-electron chi connectivity index (χ2n) is 7.25. The van der Waals surface area contributed by atoms with Crippen LogP contribution in [0, 0.1) is 6.92 Å². The van der Waals surface area contributed by atoms with E-state index in [4.69, 9.17) is 0 Å². The number of rotatable bonds is 8. The van der Waals surface area contributed by atoms with Gasteiger partial charge in [-0.25, -0.2) is 8.42 Å². The molecule has 0 aliphatic heterocycles. The molecule has 0 aliphatic carbocycles. The molecule has 1 amide bonds. The Labute approximate surface area is 176 Å². The molecule has 0 unspecified atom stereocenters. The average Bonchev–Trinajstić information content (AvgIpc) is 3.13. The Bertz CT molecular complexity index is 1140. The number of aryl methyl sites for hydroxylation is 1. The van der Waals surface area contributed by atoms with Crippen LogP contribution in [0.4, 0.5) is 11.4 Å². The third-order valence-electron chi connectivity index (χ3n) is 4.34. The Hall–Kier alpha value is -3.17. The summed E-state index contributed by atoms with van der Waals surface area (Å²) in [6, 6.07) is 13.0. The van der Waals surface area contributed by atoms with Crippen molar-refractivity contribution in [3.63, 3.8) is 0 Å². The fraction of sp³-hybridized carbons (Fsp3) is 0.238. The van der Waals surface area contributed by atoms with Gasteiger partial charge in [-0.2, -0.15) is 5.10 Å². The van der Waals surface area contributed by atoms with Crippen LogP contribution in [0.2, 0.25) is 0 Å². The van der Waals surface area contributed by atoms with Gasteiger partial charge in [0.05, 0.1) is 23.3 Å². The van der Waals surface area contributed by atoms with Gasteiger partial charge < -0.3 is 10.2 Å². The van der Waals surface area contributed by atoms with Crippen molar-refractivity contribution in [3.8, 4) is 0 Å². The number of amides is 1. The number of carbonyl (C=O) groups excluding carboxylic acids is 1. The van der Waals surface area contributed by atoms with Crippen LogP contribution in [0.25, 0.3) is 0 Å². The standard InChI is InChI=1S/C21H25N5O3S/c1-16-6-4-8-18(12-16)24-30(28,29)20-9-5-7-17(13-20)21(27)23-19-14-22-26(15-19)11-10-25(2)3/h4-9,12-15,24H,10-11H2,1-3H3,(H,23,27). The summed E-state index contributed by atoms with van der Waals surface area (Å²) in [6.07, 6.45) is 3.30. The molecule has 0 fully saturated rings. The Balaban J connectivity index is 1.72. The van der Waals surface area contributed by atoms with Gasteiger partial charge in [-0.1, -0.05) is 18.2 Å². The SMILES string of the molecule is Cc1cccc(NS(=O)(=O)c2cccc(C(=O)Nc3cnn(CCN(C)C)c3)c2)c1. The van der Waals surface area contributed by atoms with Gasteiger partial charge in [-0.3, -0.25) is 14.2 Å². The van der Waals surface area contributed by atoms with E-state index in [1.165, 1.54) is 12.1 Å². The van der Waals surface area contributed by atoms with E-state index in [-0.39, 0.29) is 10.5 Å². The highest BCUT2D eigenvalue weighted by molar-refractivity contribution is 7.92. The van der Waals surface area contributed by atoms with Crippen LogP contribution >= 0.6 is 0 Å². The first-order valence-corrected chi connectivity index (χ1v) is 10.9. The molecular formula is C21H25N5O3S. The number of sulfonamides is 1. The summed E-state index contributed by atoms with van der Waals surface area (Å²) in [5.41, 5.74) is 2.19. The first-order chi connectivity index (χ1) is 14.2. The van der Waals surface area contributed by atoms with E-state index in [1.807, 2.05) is 32.0 Å². The van der Waals surface area contributed by atoms with Crippen LogP contribution in [0.5, 0.6) is 0 Å². The van der Waals surface area contributed by atoms with Crippen LogP contribution in [0.3, 0.4) is 0 Å². The summed E-state index contributed by atoms with van der Waals surface area (Å²) in [5.74, 6) is -0.408. The van der Waals surface area contributed by atoms with Gasteiger partial charge in [0.25, 0.3) is 15.9 Å². The maximum atomic E-state index is 12.7. The summed E-state index contributed by atoms with van der Waals surface area (Å²) >= 11 is 0. The summed E-state index contributed by atoms with van der Waals surface area (Å²) in [5, 5.41) is 6.97. The highest BCUT2D eigenvalue weighted by Gasteiger charge is 2.17. The molecule has 3 aromatic rings. The lowest BCUT2D eigenvalue weighted by Gasteiger charge is -2.10. The number of anilines is 2. The van der Waals surface area contributed by atoms with E-state index in [9.17, 15) is 13.2 Å². The van der Waals surface area contributed by atoms with Crippen LogP contribution in [0.15, 0.2) is 65.8 Å². The highest BCUT2D eigenvalue weighted by atomic mass is 32.2. The van der Waals surface area contributed by atoms with Crippen LogP contribution in [-0.2, 0) is 16.6 Å². The maximum absolute atomic E-state index is 12.7. The molecule has 0 spiro atoms. The van der Waals surface area contributed by atoms with Crippen molar-refractivity contribution < 1.29 is 13.2 Å². The van der Waals surface area contributed by atoms with Crippen LogP contribution in [-0.4, -0.2) is 49.6 Å². The summed E-state index contributed by atoms with van der Waals surface area (Å²) < 4.78 is 29.7. The third-order valence-corrected chi connectivity index (χ3v) is 5.72. The Kier molecular flexibility index (Phi) is 6.53. The van der Waals surface area contributed by atoms with Crippen molar-refractivity contribution in [1.29, 1.82) is 0 Å². The normalized spacial score (nSPS) is 11.5. The van der Waals surface area contributed by atoms with E-state index < -0.39 is 15.9 Å². The smallest absolute Gasteiger partial charge is 0.261 e. The summed E-state index contributed by atoms with van der Waals surface area (Å²) in [6.45, 7) is 3.40. The second kappa shape index (κ2) is 9.10. The predicted molar refractivity (Wildman–Crippen MR) is 117 cm³/mol. The highest BCUT2D eigenvalue weighted by Crippen LogP contribution is 2.19. The fourth-order valence-corrected chi connectivity index (χ4v) is 3.88. The minimum absolute atomic E-state index is 0.0123. The zero-order valence-corrected chi connectivity index (χ0v) is 18.0. The molecule has 0 atom stereocenters. The van der Waals surface area contributed by atoms with Gasteiger partial charge in [0.15, 0.2) is 0 Å². The van der Waals surface area contributed by atoms with E-state index in [1.54, 1.807) is 47.4 Å². The first kappa shape index (κ1) is 21.5. The van der Waals surface area contributed by atoms with E-state index >= 15 is 0 Å². The molecular weight excluding hydrogens is 402 g/mol. The molecule has 0 radical (unpaired) electrons. The molecule has 3 rings (SSSR count). The molecule has 0 saturated carbocycles. The van der Waals surface area contributed by atoms with E-state index in [2.05, 4.69) is 15.1 Å². The minimum Gasteiger partial charge on any atom is -0.319 e. The molecule has 0 saturated heterocycles. The molecule has 2 aromatic carbocycles. The predicted octanol–water partition coefficient (Wildman–Crippen LogP) is 2.81. The molecule has 1 aromatic heterocycles. The lowest BCUT2D eigenvalue weighted by atomic mass is 10.2. The van der Waals surface area contributed by atoms with Crippen molar-refractivity contribution in [1.82, 2.24) is 14.7 Å². The monoisotopic (exact) mass is 427 g/mol. The van der Waals surface area contributed by atoms with Crippen molar-refractivity contribution >= 4 is 27.3 Å². The number of nitrogens with one attached hydrogen (secondary N) is 2. The zero-order valence-electron chi connectivity index (χ0n) is 17.2. The molecule has 30 heavy (non-hydrogen) atoms. The second-order valence-corrected chi connectivity index (χ2v) is 8.93. The van der Waals surface area contributed by atoms with Gasteiger partial charge in [0.2, 0.25) is 0 Å². The van der Waals surface area contributed by atoms with Crippen LogP contribution < -0.4 is 10.0 Å². The largest absolute Gasteiger partial charge is 0.319 e. The average molecular weight is 428 g/mol. The minimum atomic E-state index is -3.82. The molecule has 2 N–H and O–H groups in total. The van der Waals surface area contributed by atoms with Crippen molar-refractivity contribution in [2.24, 2.45) is 0 Å². The topological polar surface area (TPSA) is 96.3 Å². The number of nitrogens with zero attached hydrogens (tertiary/aromatic N) is 3. The number of hydrogen-bond acceptors (Lipinski definition) is 5. The van der Waals surface area contributed by atoms with Gasteiger partial charge >= 0.3 is 0 Å². The number of likely N-dealkylation sites (N-methyl/N-ethyl adjacent to an activating group) is 1. The van der Waals surface area contributed by atoms with Crippen molar-refractivity contribution in [2.75, 3.05) is 30.7 Å². The lowest BCUT2D eigenvalue weighted by Crippen LogP contribution is -2.18. The van der Waals surface area contributed by atoms with E-state index in [0.717, 1.165) is 12.1 Å². The Morgan fingerprint density at radius 2 is 1.87 bits per heavy atom. The van der Waals surface area contributed by atoms with E-state index in [0.29, 0.717) is 17.9 Å².